The third-order valence-corrected chi connectivity index (χ3v) is 4.67. The van der Waals surface area contributed by atoms with Gasteiger partial charge in [-0.15, -0.1) is 0 Å². The van der Waals surface area contributed by atoms with Gasteiger partial charge in [0.15, 0.2) is 0 Å². The Morgan fingerprint density at radius 1 is 1.33 bits per heavy atom. The van der Waals surface area contributed by atoms with Crippen LogP contribution in [0.3, 0.4) is 0 Å². The number of nitrogens with zero attached hydrogens (tertiary/aromatic N) is 1. The topological polar surface area (TPSA) is 28.7 Å². The second kappa shape index (κ2) is 5.12. The minimum Gasteiger partial charge on any atom is -0.347 e. The van der Waals surface area contributed by atoms with Crippen molar-refractivity contribution in [1.82, 2.24) is 9.97 Å². The number of aromatic nitrogens is 2. The van der Waals surface area contributed by atoms with Crippen molar-refractivity contribution in [3.8, 4) is 0 Å². The molecule has 18 heavy (non-hydrogen) atoms. The fourth-order valence-corrected chi connectivity index (χ4v) is 3.31. The van der Waals surface area contributed by atoms with Crippen molar-refractivity contribution < 1.29 is 0 Å². The van der Waals surface area contributed by atoms with Crippen LogP contribution >= 0.6 is 12.2 Å². The first-order chi connectivity index (χ1) is 8.43. The van der Waals surface area contributed by atoms with Crippen LogP contribution in [0.1, 0.15) is 69.5 Å². The number of nitrogens with one attached hydrogen (secondary N) is 1. The summed E-state index contributed by atoms with van der Waals surface area (Å²) in [6.45, 7) is 8.98. The van der Waals surface area contributed by atoms with Gasteiger partial charge in [0, 0.05) is 17.2 Å². The highest BCUT2D eigenvalue weighted by Gasteiger charge is 2.28. The molecule has 1 fully saturated rings. The molecular formula is C15H24N2S. The van der Waals surface area contributed by atoms with E-state index < -0.39 is 0 Å². The Balaban J connectivity index is 2.23. The van der Waals surface area contributed by atoms with Crippen LogP contribution in [0.4, 0.5) is 0 Å². The van der Waals surface area contributed by atoms with Crippen LogP contribution in [-0.4, -0.2) is 9.97 Å². The van der Waals surface area contributed by atoms with Gasteiger partial charge >= 0.3 is 0 Å². The summed E-state index contributed by atoms with van der Waals surface area (Å²) in [5.74, 6) is 1.69. The van der Waals surface area contributed by atoms with Crippen LogP contribution < -0.4 is 0 Å². The van der Waals surface area contributed by atoms with Gasteiger partial charge in [0.2, 0.25) is 0 Å². The fourth-order valence-electron chi connectivity index (χ4n) is 2.92. The zero-order chi connectivity index (χ0) is 13.3. The normalized spacial score (nSPS) is 20.0. The van der Waals surface area contributed by atoms with E-state index in [1.807, 2.05) is 0 Å². The van der Waals surface area contributed by atoms with E-state index in [4.69, 9.17) is 12.2 Å². The van der Waals surface area contributed by atoms with Crippen molar-refractivity contribution in [2.45, 2.75) is 65.7 Å². The number of hydrogen-bond acceptors (Lipinski definition) is 2. The summed E-state index contributed by atoms with van der Waals surface area (Å²) in [5.41, 5.74) is 2.91. The molecule has 1 aromatic rings. The number of aromatic amines is 1. The van der Waals surface area contributed by atoms with Crippen LogP contribution in [-0.2, 0) is 6.42 Å². The molecule has 0 unspecified atom stereocenters. The van der Waals surface area contributed by atoms with Crippen LogP contribution in [0.15, 0.2) is 0 Å². The highest BCUT2D eigenvalue weighted by molar-refractivity contribution is 7.71. The third-order valence-electron chi connectivity index (χ3n) is 4.33. The molecule has 1 aliphatic rings. The molecule has 2 rings (SSSR count). The average Bonchev–Trinajstić information content (AvgIpc) is 2.28. The molecule has 1 N–H and O–H groups in total. The molecule has 0 bridgehead atoms. The van der Waals surface area contributed by atoms with Gasteiger partial charge in [-0.25, -0.2) is 4.98 Å². The molecular weight excluding hydrogens is 240 g/mol. The molecule has 0 saturated heterocycles. The summed E-state index contributed by atoms with van der Waals surface area (Å²) in [5, 5.41) is 0. The fraction of sp³-hybridized carbons (Fsp3) is 0.733. The van der Waals surface area contributed by atoms with E-state index in [0.717, 1.165) is 16.9 Å². The van der Waals surface area contributed by atoms with Gasteiger partial charge in [-0.1, -0.05) is 33.0 Å². The minimum atomic E-state index is 0.506. The molecule has 1 aliphatic carbocycles. The van der Waals surface area contributed by atoms with Crippen molar-refractivity contribution in [2.75, 3.05) is 0 Å². The van der Waals surface area contributed by atoms with Gasteiger partial charge < -0.3 is 4.98 Å². The number of rotatable bonds is 2. The van der Waals surface area contributed by atoms with E-state index in [-0.39, 0.29) is 0 Å². The van der Waals surface area contributed by atoms with Crippen molar-refractivity contribution in [3.05, 3.63) is 21.7 Å². The van der Waals surface area contributed by atoms with Crippen molar-refractivity contribution in [3.63, 3.8) is 0 Å². The molecule has 2 nitrogen and oxygen atoms in total. The lowest BCUT2D eigenvalue weighted by atomic mass is 9.73. The van der Waals surface area contributed by atoms with E-state index in [1.54, 1.807) is 0 Å². The molecule has 1 aromatic heterocycles. The molecule has 100 valence electrons. The molecule has 0 aliphatic heterocycles. The maximum Gasteiger partial charge on any atom is 0.133 e. The second-order valence-electron chi connectivity index (χ2n) is 6.32. The first kappa shape index (κ1) is 13.7. The maximum absolute atomic E-state index is 5.41. The Hall–Kier alpha value is -0.700. The summed E-state index contributed by atoms with van der Waals surface area (Å²) in [6, 6.07) is 0. The smallest absolute Gasteiger partial charge is 0.133 e. The Morgan fingerprint density at radius 2 is 1.94 bits per heavy atom. The molecule has 3 heteroatoms. The van der Waals surface area contributed by atoms with E-state index in [1.165, 1.54) is 36.9 Å². The Labute approximate surface area is 115 Å². The van der Waals surface area contributed by atoms with Crippen LogP contribution in [0.2, 0.25) is 0 Å². The lowest BCUT2D eigenvalue weighted by Gasteiger charge is -2.33. The molecule has 1 heterocycles. The highest BCUT2D eigenvalue weighted by atomic mass is 32.1. The molecule has 0 amide bonds. The molecule has 0 aromatic carbocycles. The van der Waals surface area contributed by atoms with Gasteiger partial charge in [-0.2, -0.15) is 0 Å². The Kier molecular flexibility index (Phi) is 3.90. The molecule has 0 radical (unpaired) electrons. The van der Waals surface area contributed by atoms with Gasteiger partial charge in [-0.05, 0) is 44.4 Å². The van der Waals surface area contributed by atoms with Crippen molar-refractivity contribution in [1.29, 1.82) is 0 Å². The van der Waals surface area contributed by atoms with Crippen molar-refractivity contribution in [2.24, 2.45) is 5.41 Å². The predicted molar refractivity (Wildman–Crippen MR) is 78.5 cm³/mol. The summed E-state index contributed by atoms with van der Waals surface area (Å²) in [4.78, 5) is 8.12. The largest absolute Gasteiger partial charge is 0.347 e. The number of aryl methyl sites for hydroxylation is 1. The first-order valence-electron chi connectivity index (χ1n) is 7.02. The maximum atomic E-state index is 5.41. The zero-order valence-electron chi connectivity index (χ0n) is 12.0. The second-order valence-corrected chi connectivity index (χ2v) is 6.71. The average molecular weight is 264 g/mol. The quantitative estimate of drug-likeness (QED) is 0.785. The zero-order valence-corrected chi connectivity index (χ0v) is 12.8. The SMILES string of the molecule is CCc1c(C)[nH]c(C2CCC(C)(C)CC2)nc1=S. The van der Waals surface area contributed by atoms with Gasteiger partial charge in [0.25, 0.3) is 0 Å². The van der Waals surface area contributed by atoms with Gasteiger partial charge in [0.1, 0.15) is 10.5 Å². The minimum absolute atomic E-state index is 0.506. The lowest BCUT2D eigenvalue weighted by Crippen LogP contribution is -2.21. The molecule has 1 saturated carbocycles. The highest BCUT2D eigenvalue weighted by Crippen LogP contribution is 2.41. The predicted octanol–water partition coefficient (Wildman–Crippen LogP) is 4.69. The van der Waals surface area contributed by atoms with Crippen LogP contribution in [0.5, 0.6) is 0 Å². The van der Waals surface area contributed by atoms with Gasteiger partial charge in [0.05, 0.1) is 0 Å². The van der Waals surface area contributed by atoms with E-state index in [2.05, 4.69) is 37.7 Å². The number of hydrogen-bond donors (Lipinski definition) is 1. The molecule has 0 atom stereocenters. The summed E-state index contributed by atoms with van der Waals surface area (Å²) in [7, 11) is 0. The first-order valence-corrected chi connectivity index (χ1v) is 7.43. The lowest BCUT2D eigenvalue weighted by molar-refractivity contribution is 0.220. The van der Waals surface area contributed by atoms with E-state index >= 15 is 0 Å². The summed E-state index contributed by atoms with van der Waals surface area (Å²) in [6.07, 6.45) is 6.00. The van der Waals surface area contributed by atoms with Crippen LogP contribution in [0, 0.1) is 17.0 Å². The summed E-state index contributed by atoms with van der Waals surface area (Å²) < 4.78 is 0.800. The molecule has 0 spiro atoms. The van der Waals surface area contributed by atoms with Gasteiger partial charge in [-0.3, -0.25) is 0 Å². The monoisotopic (exact) mass is 264 g/mol. The third kappa shape index (κ3) is 2.82. The van der Waals surface area contributed by atoms with Crippen LogP contribution in [0.25, 0.3) is 0 Å². The van der Waals surface area contributed by atoms with E-state index in [9.17, 15) is 0 Å². The standard InChI is InChI=1S/C15H24N2S/c1-5-12-10(2)16-13(17-14(12)18)11-6-8-15(3,4)9-7-11/h11H,5-9H2,1-4H3,(H,16,17,18). The van der Waals surface area contributed by atoms with E-state index in [0.29, 0.717) is 11.3 Å². The summed E-state index contributed by atoms with van der Waals surface area (Å²) >= 11 is 5.41. The Morgan fingerprint density at radius 3 is 2.44 bits per heavy atom. The number of H-pyrrole nitrogens is 1. The Bertz CT molecular complexity index is 478. The van der Waals surface area contributed by atoms with Crippen molar-refractivity contribution >= 4 is 12.2 Å².